The fraction of sp³-hybridized carbons (Fsp3) is 0.409. The van der Waals surface area contributed by atoms with Gasteiger partial charge in [0.1, 0.15) is 6.10 Å². The standard InChI is InChI=1S/C22H30O3SSi/c1-17-12-14-19(15-13-17)26(24)16-20(23)21(18-10-8-7-9-11-18)25-27(5,6)22(2,3)4/h7-15,21H,16H2,1-6H3/t21-,26-/m0/s1. The third kappa shape index (κ3) is 5.70. The molecule has 5 heteroatoms. The zero-order valence-electron chi connectivity index (χ0n) is 17.1. The molecule has 0 saturated carbocycles. The highest BCUT2D eigenvalue weighted by Crippen LogP contribution is 2.40. The highest BCUT2D eigenvalue weighted by Gasteiger charge is 2.41. The summed E-state index contributed by atoms with van der Waals surface area (Å²) in [7, 11) is -3.55. The van der Waals surface area contributed by atoms with Gasteiger partial charge in [-0.05, 0) is 42.8 Å². The van der Waals surface area contributed by atoms with E-state index in [4.69, 9.17) is 4.43 Å². The highest BCUT2D eigenvalue weighted by molar-refractivity contribution is 7.85. The van der Waals surface area contributed by atoms with E-state index in [0.717, 1.165) is 11.1 Å². The first-order valence-electron chi connectivity index (χ1n) is 9.22. The number of carbonyl (C=O) groups is 1. The van der Waals surface area contributed by atoms with Crippen LogP contribution in [0.5, 0.6) is 0 Å². The van der Waals surface area contributed by atoms with Crippen molar-refractivity contribution >= 4 is 24.9 Å². The Morgan fingerprint density at radius 1 is 1.04 bits per heavy atom. The van der Waals surface area contributed by atoms with E-state index in [1.165, 1.54) is 0 Å². The van der Waals surface area contributed by atoms with Crippen LogP contribution in [-0.4, -0.2) is 24.1 Å². The zero-order chi connectivity index (χ0) is 20.2. The maximum Gasteiger partial charge on any atom is 0.193 e. The minimum Gasteiger partial charge on any atom is -0.403 e. The Kier molecular flexibility index (Phi) is 6.95. The molecule has 0 fully saturated rings. The van der Waals surface area contributed by atoms with Gasteiger partial charge in [0.15, 0.2) is 14.1 Å². The summed E-state index contributed by atoms with van der Waals surface area (Å²) in [5.74, 6) is -0.179. The number of benzene rings is 2. The van der Waals surface area contributed by atoms with Crippen molar-refractivity contribution in [1.82, 2.24) is 0 Å². The van der Waals surface area contributed by atoms with E-state index >= 15 is 0 Å². The van der Waals surface area contributed by atoms with Crippen LogP contribution in [0.1, 0.15) is 38.0 Å². The van der Waals surface area contributed by atoms with Gasteiger partial charge < -0.3 is 4.43 Å². The van der Waals surface area contributed by atoms with Gasteiger partial charge in [-0.2, -0.15) is 0 Å². The maximum absolute atomic E-state index is 13.1. The van der Waals surface area contributed by atoms with Crippen molar-refractivity contribution in [3.8, 4) is 0 Å². The molecule has 0 amide bonds. The summed E-state index contributed by atoms with van der Waals surface area (Å²) < 4.78 is 19.2. The predicted octanol–water partition coefficient (Wildman–Crippen LogP) is 5.43. The number of carbonyl (C=O) groups excluding carboxylic acids is 1. The number of rotatable bonds is 7. The Labute approximate surface area is 166 Å². The molecule has 0 saturated heterocycles. The summed E-state index contributed by atoms with van der Waals surface area (Å²) in [4.78, 5) is 13.8. The molecular weight excluding hydrogens is 372 g/mol. The molecule has 2 aromatic rings. The molecule has 0 aliphatic rings. The van der Waals surface area contributed by atoms with Crippen molar-refractivity contribution in [2.24, 2.45) is 0 Å². The van der Waals surface area contributed by atoms with Crippen LogP contribution in [0.2, 0.25) is 18.1 Å². The van der Waals surface area contributed by atoms with Gasteiger partial charge >= 0.3 is 0 Å². The first-order chi connectivity index (χ1) is 12.5. The SMILES string of the molecule is Cc1ccc([S@@](=O)CC(=O)[C@@H](O[Si](C)(C)C(C)(C)C)c2ccccc2)cc1. The van der Waals surface area contributed by atoms with Gasteiger partial charge in [0.25, 0.3) is 0 Å². The Hall–Kier alpha value is -1.56. The zero-order valence-corrected chi connectivity index (χ0v) is 18.9. The van der Waals surface area contributed by atoms with Gasteiger partial charge in [0.05, 0.1) is 16.6 Å². The molecular formula is C22H30O3SSi. The normalized spacial score (nSPS) is 14.6. The summed E-state index contributed by atoms with van der Waals surface area (Å²) in [6.45, 7) is 12.7. The van der Waals surface area contributed by atoms with Gasteiger partial charge in [-0.1, -0.05) is 68.8 Å². The van der Waals surface area contributed by atoms with E-state index in [9.17, 15) is 9.00 Å². The van der Waals surface area contributed by atoms with Crippen LogP contribution in [0.25, 0.3) is 0 Å². The molecule has 0 spiro atoms. The lowest BCUT2D eigenvalue weighted by Crippen LogP contribution is -2.43. The molecule has 0 radical (unpaired) electrons. The quantitative estimate of drug-likeness (QED) is 0.580. The van der Waals surface area contributed by atoms with E-state index in [2.05, 4.69) is 33.9 Å². The third-order valence-electron chi connectivity index (χ3n) is 5.17. The first kappa shape index (κ1) is 21.7. The topological polar surface area (TPSA) is 43.4 Å². The first-order valence-corrected chi connectivity index (χ1v) is 13.4. The van der Waals surface area contributed by atoms with Crippen LogP contribution >= 0.6 is 0 Å². The number of hydrogen-bond donors (Lipinski definition) is 0. The lowest BCUT2D eigenvalue weighted by molar-refractivity contribution is -0.124. The molecule has 2 atom stereocenters. The second-order valence-electron chi connectivity index (χ2n) is 8.44. The Morgan fingerprint density at radius 2 is 1.59 bits per heavy atom. The van der Waals surface area contributed by atoms with E-state index in [1.54, 1.807) is 0 Å². The lowest BCUT2D eigenvalue weighted by Gasteiger charge is -2.39. The van der Waals surface area contributed by atoms with Gasteiger partial charge in [-0.15, -0.1) is 0 Å². The average Bonchev–Trinajstić information content (AvgIpc) is 2.60. The second-order valence-corrected chi connectivity index (χ2v) is 14.6. The van der Waals surface area contributed by atoms with Gasteiger partial charge in [0.2, 0.25) is 0 Å². The van der Waals surface area contributed by atoms with Crippen molar-refractivity contribution in [2.75, 3.05) is 5.75 Å². The van der Waals surface area contributed by atoms with Crippen molar-refractivity contribution in [3.63, 3.8) is 0 Å². The van der Waals surface area contributed by atoms with E-state index in [-0.39, 0.29) is 16.6 Å². The summed E-state index contributed by atoms with van der Waals surface area (Å²) in [6, 6.07) is 17.0. The maximum atomic E-state index is 13.1. The largest absolute Gasteiger partial charge is 0.403 e. The van der Waals surface area contributed by atoms with Crippen molar-refractivity contribution < 1.29 is 13.4 Å². The third-order valence-corrected chi connectivity index (χ3v) is 11.0. The molecule has 0 bridgehead atoms. The summed E-state index contributed by atoms with van der Waals surface area (Å²) in [5, 5.41) is -0.0174. The van der Waals surface area contributed by atoms with E-state index in [0.29, 0.717) is 4.90 Å². The van der Waals surface area contributed by atoms with Crippen LogP contribution in [0.3, 0.4) is 0 Å². The molecule has 2 aromatic carbocycles. The smallest absolute Gasteiger partial charge is 0.193 e. The Bertz CT molecular complexity index is 793. The fourth-order valence-electron chi connectivity index (χ4n) is 2.40. The minimum atomic E-state index is -2.17. The summed E-state index contributed by atoms with van der Waals surface area (Å²) >= 11 is 0. The molecule has 0 aliphatic carbocycles. The van der Waals surface area contributed by atoms with Gasteiger partial charge in [0, 0.05) is 4.90 Å². The van der Waals surface area contributed by atoms with E-state index < -0.39 is 25.2 Å². The van der Waals surface area contributed by atoms with Crippen molar-refractivity contribution in [1.29, 1.82) is 0 Å². The molecule has 0 heterocycles. The molecule has 3 nitrogen and oxygen atoms in total. The van der Waals surface area contributed by atoms with Crippen molar-refractivity contribution in [2.45, 2.75) is 56.8 Å². The van der Waals surface area contributed by atoms with Crippen LogP contribution < -0.4 is 0 Å². The van der Waals surface area contributed by atoms with Crippen LogP contribution in [0.4, 0.5) is 0 Å². The molecule has 0 unspecified atom stereocenters. The highest BCUT2D eigenvalue weighted by atomic mass is 32.2. The molecule has 0 N–H and O–H groups in total. The Morgan fingerprint density at radius 3 is 2.11 bits per heavy atom. The van der Waals surface area contributed by atoms with Gasteiger partial charge in [-0.25, -0.2) is 0 Å². The Balaban J connectivity index is 2.26. The van der Waals surface area contributed by atoms with Crippen LogP contribution in [-0.2, 0) is 20.0 Å². The number of hydrogen-bond acceptors (Lipinski definition) is 3. The lowest BCUT2D eigenvalue weighted by atomic mass is 10.1. The molecule has 146 valence electrons. The van der Waals surface area contributed by atoms with E-state index in [1.807, 2.05) is 61.5 Å². The monoisotopic (exact) mass is 402 g/mol. The summed E-state index contributed by atoms with van der Waals surface area (Å²) in [6.07, 6.45) is -0.679. The number of aryl methyl sites for hydroxylation is 1. The fourth-order valence-corrected chi connectivity index (χ4v) is 4.62. The predicted molar refractivity (Wildman–Crippen MR) is 115 cm³/mol. The molecule has 0 aromatic heterocycles. The molecule has 27 heavy (non-hydrogen) atoms. The number of ketones is 1. The van der Waals surface area contributed by atoms with Crippen molar-refractivity contribution in [3.05, 3.63) is 65.7 Å². The molecule has 0 aliphatic heterocycles. The van der Waals surface area contributed by atoms with Crippen LogP contribution in [0, 0.1) is 6.92 Å². The second kappa shape index (κ2) is 8.63. The van der Waals surface area contributed by atoms with Gasteiger partial charge in [-0.3, -0.25) is 9.00 Å². The van der Waals surface area contributed by atoms with Crippen LogP contribution in [0.15, 0.2) is 59.5 Å². The summed E-state index contributed by atoms with van der Waals surface area (Å²) in [5.41, 5.74) is 1.93. The number of Topliss-reactive ketones (excluding diaryl/α,β-unsaturated/α-hetero) is 1. The molecule has 2 rings (SSSR count). The average molecular weight is 403 g/mol. The minimum absolute atomic E-state index is 0.0174.